The van der Waals surface area contributed by atoms with Gasteiger partial charge in [-0.2, -0.15) is 0 Å². The fourth-order valence-corrected chi connectivity index (χ4v) is 3.96. The summed E-state index contributed by atoms with van der Waals surface area (Å²) in [5.74, 6) is 1.06. The zero-order valence-electron chi connectivity index (χ0n) is 17.2. The van der Waals surface area contributed by atoms with Gasteiger partial charge in [0.25, 0.3) is 0 Å². The van der Waals surface area contributed by atoms with E-state index in [2.05, 4.69) is 38.2 Å². The number of nitrogens with zero attached hydrogens (tertiary/aromatic N) is 3. The van der Waals surface area contributed by atoms with E-state index in [4.69, 9.17) is 0 Å². The van der Waals surface area contributed by atoms with E-state index in [-0.39, 0.29) is 23.9 Å². The van der Waals surface area contributed by atoms with Crippen LogP contribution in [0.3, 0.4) is 0 Å². The van der Waals surface area contributed by atoms with Crippen LogP contribution in [0.25, 0.3) is 0 Å². The second kappa shape index (κ2) is 10.5. The van der Waals surface area contributed by atoms with Crippen LogP contribution in [0.2, 0.25) is 0 Å². The number of hydrogen-bond donors (Lipinski definition) is 3. The summed E-state index contributed by atoms with van der Waals surface area (Å²) in [4.78, 5) is 23.6. The van der Waals surface area contributed by atoms with Crippen LogP contribution in [0.15, 0.2) is 10.4 Å². The molecule has 0 bridgehead atoms. The number of thiazole rings is 1. The fraction of sp³-hybridized carbons (Fsp3) is 0.737. The molecule has 1 aliphatic carbocycles. The third-order valence-electron chi connectivity index (χ3n) is 4.48. The number of carbonyl (C=O) groups excluding carboxylic acids is 1. The molecular formula is C19H34N6OS. The Kier molecular flexibility index (Phi) is 8.34. The predicted octanol–water partition coefficient (Wildman–Crippen LogP) is 2.35. The van der Waals surface area contributed by atoms with Gasteiger partial charge in [-0.3, -0.25) is 4.79 Å². The zero-order chi connectivity index (χ0) is 19.8. The van der Waals surface area contributed by atoms with E-state index in [1.54, 1.807) is 11.3 Å². The summed E-state index contributed by atoms with van der Waals surface area (Å²) in [7, 11) is 3.98. The Balaban J connectivity index is 1.94. The van der Waals surface area contributed by atoms with Gasteiger partial charge in [0.15, 0.2) is 11.1 Å². The lowest BCUT2D eigenvalue weighted by Gasteiger charge is -2.30. The standard InChI is InChI=1S/C19H34N6OS/c1-6-20-18(21-11-16-12-27-19(24-16)25(4)5)23-15-9-7-8-14(10-15)17(26)22-13(2)3/h12-15H,6-11H2,1-5H3,(H,22,26)(H2,20,21,23). The van der Waals surface area contributed by atoms with E-state index in [0.29, 0.717) is 6.54 Å². The van der Waals surface area contributed by atoms with Gasteiger partial charge in [-0.15, -0.1) is 11.3 Å². The average Bonchev–Trinajstić information content (AvgIpc) is 3.09. The molecule has 2 rings (SSSR count). The van der Waals surface area contributed by atoms with E-state index in [1.165, 1.54) is 0 Å². The monoisotopic (exact) mass is 394 g/mol. The molecular weight excluding hydrogens is 360 g/mol. The average molecular weight is 395 g/mol. The van der Waals surface area contributed by atoms with Crippen molar-refractivity contribution in [2.45, 2.75) is 65.1 Å². The normalized spacial score (nSPS) is 20.4. The van der Waals surface area contributed by atoms with E-state index in [1.807, 2.05) is 32.8 Å². The Hall–Kier alpha value is -1.83. The van der Waals surface area contributed by atoms with Crippen LogP contribution >= 0.6 is 11.3 Å². The van der Waals surface area contributed by atoms with Crippen LogP contribution in [-0.4, -0.2) is 49.6 Å². The Morgan fingerprint density at radius 2 is 2.19 bits per heavy atom. The molecule has 1 aromatic rings. The fourth-order valence-electron chi connectivity index (χ4n) is 3.21. The second-order valence-corrected chi connectivity index (χ2v) is 8.42. The highest BCUT2D eigenvalue weighted by Gasteiger charge is 2.28. The van der Waals surface area contributed by atoms with Crippen molar-refractivity contribution in [3.05, 3.63) is 11.1 Å². The molecule has 3 N–H and O–H groups in total. The van der Waals surface area contributed by atoms with Crippen molar-refractivity contribution >= 4 is 28.3 Å². The molecule has 152 valence electrons. The largest absolute Gasteiger partial charge is 0.357 e. The summed E-state index contributed by atoms with van der Waals surface area (Å²) >= 11 is 1.63. The quantitative estimate of drug-likeness (QED) is 0.488. The summed E-state index contributed by atoms with van der Waals surface area (Å²) in [6, 6.07) is 0.460. The number of carbonyl (C=O) groups is 1. The van der Waals surface area contributed by atoms with Crippen molar-refractivity contribution in [1.82, 2.24) is 20.9 Å². The van der Waals surface area contributed by atoms with Gasteiger partial charge >= 0.3 is 0 Å². The summed E-state index contributed by atoms with van der Waals surface area (Å²) < 4.78 is 0. The molecule has 0 saturated heterocycles. The second-order valence-electron chi connectivity index (χ2n) is 7.58. The number of rotatable bonds is 7. The van der Waals surface area contributed by atoms with Gasteiger partial charge in [-0.25, -0.2) is 9.98 Å². The first-order valence-electron chi connectivity index (χ1n) is 9.86. The van der Waals surface area contributed by atoms with Crippen molar-refractivity contribution in [3.8, 4) is 0 Å². The summed E-state index contributed by atoms with van der Waals surface area (Å²) in [5, 5.41) is 12.9. The smallest absolute Gasteiger partial charge is 0.223 e. The van der Waals surface area contributed by atoms with Crippen molar-refractivity contribution in [3.63, 3.8) is 0 Å². The van der Waals surface area contributed by atoms with Crippen LogP contribution in [0.1, 0.15) is 52.1 Å². The molecule has 0 radical (unpaired) electrons. The van der Waals surface area contributed by atoms with Crippen LogP contribution in [0.5, 0.6) is 0 Å². The van der Waals surface area contributed by atoms with Crippen LogP contribution in [-0.2, 0) is 11.3 Å². The Morgan fingerprint density at radius 1 is 1.41 bits per heavy atom. The number of hydrogen-bond acceptors (Lipinski definition) is 5. The molecule has 1 aliphatic rings. The molecule has 1 saturated carbocycles. The molecule has 2 unspecified atom stereocenters. The first kappa shape index (κ1) is 21.5. The van der Waals surface area contributed by atoms with Gasteiger partial charge in [0.1, 0.15) is 0 Å². The van der Waals surface area contributed by atoms with Crippen molar-refractivity contribution in [2.75, 3.05) is 25.5 Å². The topological polar surface area (TPSA) is 81.7 Å². The molecule has 7 nitrogen and oxygen atoms in total. The third kappa shape index (κ3) is 7.01. The van der Waals surface area contributed by atoms with Gasteiger partial charge < -0.3 is 20.9 Å². The maximum atomic E-state index is 12.3. The molecule has 2 atom stereocenters. The number of anilines is 1. The number of aliphatic imine (C=N–C) groups is 1. The maximum Gasteiger partial charge on any atom is 0.223 e. The van der Waals surface area contributed by atoms with Gasteiger partial charge in [0.05, 0.1) is 12.2 Å². The lowest BCUT2D eigenvalue weighted by Crippen LogP contribution is -2.47. The minimum Gasteiger partial charge on any atom is -0.357 e. The number of aromatic nitrogens is 1. The van der Waals surface area contributed by atoms with Gasteiger partial charge in [0, 0.05) is 44.0 Å². The van der Waals surface area contributed by atoms with Crippen LogP contribution in [0.4, 0.5) is 5.13 Å². The molecule has 1 heterocycles. The first-order valence-corrected chi connectivity index (χ1v) is 10.7. The summed E-state index contributed by atoms with van der Waals surface area (Å²) in [5.41, 5.74) is 0.971. The van der Waals surface area contributed by atoms with Crippen molar-refractivity contribution in [1.29, 1.82) is 0 Å². The molecule has 0 aromatic carbocycles. The lowest BCUT2D eigenvalue weighted by molar-refractivity contribution is -0.126. The maximum absolute atomic E-state index is 12.3. The Bertz CT molecular complexity index is 627. The molecule has 0 spiro atoms. The Labute approximate surface area is 167 Å². The van der Waals surface area contributed by atoms with E-state index in [9.17, 15) is 4.79 Å². The van der Waals surface area contributed by atoms with Gasteiger partial charge in [-0.1, -0.05) is 6.42 Å². The van der Waals surface area contributed by atoms with E-state index < -0.39 is 0 Å². The first-order chi connectivity index (χ1) is 12.9. The van der Waals surface area contributed by atoms with Crippen molar-refractivity contribution < 1.29 is 4.79 Å². The summed E-state index contributed by atoms with van der Waals surface area (Å²) in [6.45, 7) is 7.42. The molecule has 0 aliphatic heterocycles. The van der Waals surface area contributed by atoms with E-state index in [0.717, 1.165) is 49.0 Å². The highest BCUT2D eigenvalue weighted by atomic mass is 32.1. The molecule has 1 fully saturated rings. The zero-order valence-corrected chi connectivity index (χ0v) is 18.0. The molecule has 1 aromatic heterocycles. The predicted molar refractivity (Wildman–Crippen MR) is 113 cm³/mol. The highest BCUT2D eigenvalue weighted by molar-refractivity contribution is 7.13. The number of amides is 1. The van der Waals surface area contributed by atoms with Gasteiger partial charge in [-0.05, 0) is 40.0 Å². The number of nitrogens with one attached hydrogen (secondary N) is 3. The molecule has 1 amide bonds. The summed E-state index contributed by atoms with van der Waals surface area (Å²) in [6.07, 6.45) is 3.95. The molecule has 27 heavy (non-hydrogen) atoms. The van der Waals surface area contributed by atoms with Crippen molar-refractivity contribution in [2.24, 2.45) is 10.9 Å². The highest BCUT2D eigenvalue weighted by Crippen LogP contribution is 2.24. The van der Waals surface area contributed by atoms with Crippen LogP contribution < -0.4 is 20.9 Å². The minimum atomic E-state index is 0.0858. The van der Waals surface area contributed by atoms with Gasteiger partial charge in [0.2, 0.25) is 5.91 Å². The minimum absolute atomic E-state index is 0.0858. The SMILES string of the molecule is CCNC(=NCc1csc(N(C)C)n1)NC1CCCC(C(=O)NC(C)C)C1. The van der Waals surface area contributed by atoms with Crippen LogP contribution in [0, 0.1) is 5.92 Å². The number of guanidine groups is 1. The molecule has 8 heteroatoms. The Morgan fingerprint density at radius 3 is 2.81 bits per heavy atom. The third-order valence-corrected chi connectivity index (χ3v) is 5.54. The van der Waals surface area contributed by atoms with E-state index >= 15 is 0 Å². The lowest BCUT2D eigenvalue weighted by atomic mass is 9.85.